The predicted molar refractivity (Wildman–Crippen MR) is 38.8 cm³/mol. The Labute approximate surface area is 64.5 Å². The van der Waals surface area contributed by atoms with Crippen molar-refractivity contribution in [2.24, 2.45) is 0 Å². The molecule has 0 aliphatic heterocycles. The van der Waals surface area contributed by atoms with Gasteiger partial charge in [0.1, 0.15) is 6.10 Å². The van der Waals surface area contributed by atoms with Crippen LogP contribution >= 0.6 is 0 Å². The van der Waals surface area contributed by atoms with Gasteiger partial charge in [-0.25, -0.2) is 0 Å². The summed E-state index contributed by atoms with van der Waals surface area (Å²) in [6, 6.07) is 0.0792. The monoisotopic (exact) mass is 157 g/mol. The van der Waals surface area contributed by atoms with Crippen molar-refractivity contribution in [1.29, 1.82) is 0 Å². The number of aromatic nitrogens is 2. The molecule has 2 N–H and O–H groups in total. The Balaban J connectivity index is 2.73. The Kier molecular flexibility index (Phi) is 2.43. The van der Waals surface area contributed by atoms with Gasteiger partial charge in [0.2, 0.25) is 5.82 Å². The Morgan fingerprint density at radius 1 is 1.73 bits per heavy atom. The number of hydrogen-bond acceptors (Lipinski definition) is 5. The lowest BCUT2D eigenvalue weighted by molar-refractivity contribution is 0.0903. The molecule has 5 nitrogen and oxygen atoms in total. The first kappa shape index (κ1) is 8.00. The highest BCUT2D eigenvalue weighted by Crippen LogP contribution is 2.16. The van der Waals surface area contributed by atoms with E-state index < -0.39 is 0 Å². The number of methoxy groups -OCH3 is 1. The van der Waals surface area contributed by atoms with Gasteiger partial charge in [-0.2, -0.15) is 4.98 Å². The molecule has 1 aromatic rings. The van der Waals surface area contributed by atoms with E-state index in [1.165, 1.54) is 0 Å². The Morgan fingerprint density at radius 2 is 2.45 bits per heavy atom. The van der Waals surface area contributed by atoms with Gasteiger partial charge >= 0.3 is 6.01 Å². The highest BCUT2D eigenvalue weighted by molar-refractivity contribution is 5.08. The van der Waals surface area contributed by atoms with Crippen LogP contribution < -0.4 is 5.73 Å². The highest BCUT2D eigenvalue weighted by atomic mass is 16.5. The number of rotatable bonds is 3. The summed E-state index contributed by atoms with van der Waals surface area (Å²) in [4.78, 5) is 3.83. The van der Waals surface area contributed by atoms with E-state index in [1.807, 2.05) is 6.92 Å². The molecule has 0 radical (unpaired) electrons. The molecule has 0 saturated heterocycles. The first-order chi connectivity index (χ1) is 5.27. The SMILES string of the molecule is CCC(OC)c1noc(N)n1. The molecule has 0 bridgehead atoms. The van der Waals surface area contributed by atoms with Crippen molar-refractivity contribution in [1.82, 2.24) is 10.1 Å². The highest BCUT2D eigenvalue weighted by Gasteiger charge is 2.13. The van der Waals surface area contributed by atoms with Gasteiger partial charge in [0.05, 0.1) is 0 Å². The summed E-state index contributed by atoms with van der Waals surface area (Å²) in [6.45, 7) is 1.97. The lowest BCUT2D eigenvalue weighted by Gasteiger charge is -2.05. The molecule has 0 saturated carbocycles. The normalized spacial score (nSPS) is 13.3. The van der Waals surface area contributed by atoms with E-state index in [9.17, 15) is 0 Å². The second-order valence-electron chi connectivity index (χ2n) is 2.12. The van der Waals surface area contributed by atoms with Crippen molar-refractivity contribution in [2.45, 2.75) is 19.4 Å². The molecule has 1 heterocycles. The smallest absolute Gasteiger partial charge is 0.318 e. The molecule has 0 aliphatic carbocycles. The fourth-order valence-corrected chi connectivity index (χ4v) is 0.833. The van der Waals surface area contributed by atoms with Gasteiger partial charge in [-0.15, -0.1) is 0 Å². The molecule has 5 heteroatoms. The minimum absolute atomic E-state index is 0.0792. The third-order valence-corrected chi connectivity index (χ3v) is 1.40. The van der Waals surface area contributed by atoms with Crippen molar-refractivity contribution in [3.05, 3.63) is 5.82 Å². The van der Waals surface area contributed by atoms with E-state index in [4.69, 9.17) is 10.5 Å². The summed E-state index contributed by atoms with van der Waals surface area (Å²) in [6.07, 6.45) is 0.686. The maximum absolute atomic E-state index is 5.23. The fourth-order valence-electron chi connectivity index (χ4n) is 0.833. The van der Waals surface area contributed by atoms with Gasteiger partial charge in [0.25, 0.3) is 0 Å². The van der Waals surface area contributed by atoms with Crippen LogP contribution in [0.25, 0.3) is 0 Å². The Morgan fingerprint density at radius 3 is 2.82 bits per heavy atom. The topological polar surface area (TPSA) is 74.2 Å². The summed E-state index contributed by atoms with van der Waals surface area (Å²) in [5, 5.41) is 3.62. The summed E-state index contributed by atoms with van der Waals surface area (Å²) >= 11 is 0. The summed E-state index contributed by atoms with van der Waals surface area (Å²) in [5.41, 5.74) is 5.23. The minimum Gasteiger partial charge on any atom is -0.373 e. The summed E-state index contributed by atoms with van der Waals surface area (Å²) < 4.78 is 9.64. The average molecular weight is 157 g/mol. The number of nitrogens with zero attached hydrogens (tertiary/aromatic N) is 2. The van der Waals surface area contributed by atoms with Crippen LogP contribution in [-0.4, -0.2) is 17.3 Å². The average Bonchev–Trinajstić information content (AvgIpc) is 2.39. The quantitative estimate of drug-likeness (QED) is 0.700. The Bertz CT molecular complexity index is 219. The van der Waals surface area contributed by atoms with Crippen molar-refractivity contribution in [3.8, 4) is 0 Å². The van der Waals surface area contributed by atoms with Crippen LogP contribution in [0.5, 0.6) is 0 Å². The standard InChI is InChI=1S/C6H11N3O2/c1-3-4(10-2)5-8-6(7)11-9-5/h4H,3H2,1-2H3,(H2,7,8,9). The van der Waals surface area contributed by atoms with Gasteiger partial charge in [-0.1, -0.05) is 12.1 Å². The van der Waals surface area contributed by atoms with Crippen LogP contribution in [0.2, 0.25) is 0 Å². The van der Waals surface area contributed by atoms with Gasteiger partial charge in [0.15, 0.2) is 0 Å². The van der Waals surface area contributed by atoms with Gasteiger partial charge in [0, 0.05) is 7.11 Å². The molecule has 1 aromatic heterocycles. The second kappa shape index (κ2) is 3.34. The van der Waals surface area contributed by atoms with Crippen molar-refractivity contribution < 1.29 is 9.26 Å². The zero-order chi connectivity index (χ0) is 8.27. The van der Waals surface area contributed by atoms with E-state index in [0.717, 1.165) is 6.42 Å². The van der Waals surface area contributed by atoms with Crippen LogP contribution in [0.3, 0.4) is 0 Å². The third kappa shape index (κ3) is 1.68. The van der Waals surface area contributed by atoms with E-state index in [2.05, 4.69) is 14.7 Å². The van der Waals surface area contributed by atoms with Crippen molar-refractivity contribution >= 4 is 6.01 Å². The van der Waals surface area contributed by atoms with Gasteiger partial charge in [-0.05, 0) is 6.42 Å². The zero-order valence-electron chi connectivity index (χ0n) is 6.57. The lowest BCUT2D eigenvalue weighted by atomic mass is 10.3. The molecular weight excluding hydrogens is 146 g/mol. The van der Waals surface area contributed by atoms with Crippen molar-refractivity contribution in [3.63, 3.8) is 0 Å². The molecule has 0 fully saturated rings. The lowest BCUT2D eigenvalue weighted by Crippen LogP contribution is -2.01. The number of anilines is 1. The van der Waals surface area contributed by atoms with E-state index >= 15 is 0 Å². The fraction of sp³-hybridized carbons (Fsp3) is 0.667. The van der Waals surface area contributed by atoms with E-state index in [-0.39, 0.29) is 12.1 Å². The molecule has 0 amide bonds. The maximum atomic E-state index is 5.23. The molecule has 62 valence electrons. The molecule has 0 aromatic carbocycles. The molecule has 0 spiro atoms. The molecule has 1 atom stereocenters. The molecule has 11 heavy (non-hydrogen) atoms. The van der Waals surface area contributed by atoms with Gasteiger partial charge < -0.3 is 15.0 Å². The molecule has 0 aliphatic rings. The predicted octanol–water partition coefficient (Wildman–Crippen LogP) is 0.749. The number of nitrogens with two attached hydrogens (primary N) is 1. The van der Waals surface area contributed by atoms with Crippen LogP contribution in [0.1, 0.15) is 25.3 Å². The first-order valence-electron chi connectivity index (χ1n) is 3.39. The number of nitrogen functional groups attached to an aromatic ring is 1. The Hall–Kier alpha value is -1.10. The maximum Gasteiger partial charge on any atom is 0.318 e. The van der Waals surface area contributed by atoms with E-state index in [0.29, 0.717) is 5.82 Å². The van der Waals surface area contributed by atoms with Crippen LogP contribution in [0.15, 0.2) is 4.52 Å². The molecular formula is C6H11N3O2. The summed E-state index contributed by atoms with van der Waals surface area (Å²) in [7, 11) is 1.60. The van der Waals surface area contributed by atoms with Crippen LogP contribution in [-0.2, 0) is 4.74 Å². The molecule has 1 unspecified atom stereocenters. The zero-order valence-corrected chi connectivity index (χ0v) is 6.57. The van der Waals surface area contributed by atoms with E-state index in [1.54, 1.807) is 7.11 Å². The summed E-state index contributed by atoms with van der Waals surface area (Å²) in [5.74, 6) is 0.507. The van der Waals surface area contributed by atoms with Crippen molar-refractivity contribution in [2.75, 3.05) is 12.8 Å². The van der Waals surface area contributed by atoms with Crippen LogP contribution in [0.4, 0.5) is 6.01 Å². The largest absolute Gasteiger partial charge is 0.373 e. The minimum atomic E-state index is -0.115. The number of hydrogen-bond donors (Lipinski definition) is 1. The first-order valence-corrected chi connectivity index (χ1v) is 3.39. The van der Waals surface area contributed by atoms with Crippen LogP contribution in [0, 0.1) is 0 Å². The third-order valence-electron chi connectivity index (χ3n) is 1.40. The second-order valence-corrected chi connectivity index (χ2v) is 2.12. The number of ether oxygens (including phenoxy) is 1. The molecule has 1 rings (SSSR count). The van der Waals surface area contributed by atoms with Gasteiger partial charge in [-0.3, -0.25) is 0 Å².